The molecule has 2 aromatic carbocycles. The first-order valence-electron chi connectivity index (χ1n) is 6.38. The molecule has 0 unspecified atom stereocenters. The normalized spacial score (nSPS) is 10.2. The number of aryl methyl sites for hydroxylation is 1. The number of hydrogen-bond acceptors (Lipinski definition) is 1. The highest BCUT2D eigenvalue weighted by Gasteiger charge is 2.07. The van der Waals surface area contributed by atoms with Crippen molar-refractivity contribution >= 4 is 23.0 Å². The van der Waals surface area contributed by atoms with Crippen LogP contribution in [0.5, 0.6) is 0 Å². The Morgan fingerprint density at radius 2 is 1.80 bits per heavy atom. The lowest BCUT2D eigenvalue weighted by molar-refractivity contribution is 0.507. The zero-order valence-electron chi connectivity index (χ0n) is 11.6. The number of rotatable bonds is 3. The van der Waals surface area contributed by atoms with E-state index in [9.17, 15) is 4.39 Å². The van der Waals surface area contributed by atoms with Crippen LogP contribution in [-0.2, 0) is 6.54 Å². The number of nitrogens with one attached hydrogen (secondary N) is 1. The smallest absolute Gasteiger partial charge is 0.173 e. The van der Waals surface area contributed by atoms with Gasteiger partial charge in [-0.25, -0.2) is 4.39 Å². The van der Waals surface area contributed by atoms with Gasteiger partial charge in [0, 0.05) is 19.3 Å². The van der Waals surface area contributed by atoms with Crippen LogP contribution in [0, 0.1) is 12.7 Å². The third kappa shape index (κ3) is 3.78. The molecule has 0 aliphatic rings. The van der Waals surface area contributed by atoms with Crippen LogP contribution in [0.2, 0.25) is 0 Å². The Balaban J connectivity index is 1.99. The highest BCUT2D eigenvalue weighted by atomic mass is 32.1. The van der Waals surface area contributed by atoms with Crippen molar-refractivity contribution < 1.29 is 4.39 Å². The van der Waals surface area contributed by atoms with Gasteiger partial charge in [-0.3, -0.25) is 0 Å². The molecule has 0 radical (unpaired) electrons. The number of thiocarbonyl (C=S) groups is 1. The second-order valence-corrected chi connectivity index (χ2v) is 5.11. The number of halogens is 1. The average molecular weight is 288 g/mol. The van der Waals surface area contributed by atoms with Crippen LogP contribution in [0.4, 0.5) is 10.1 Å². The molecule has 2 rings (SSSR count). The summed E-state index contributed by atoms with van der Waals surface area (Å²) in [5.74, 6) is -0.225. The minimum atomic E-state index is -0.225. The summed E-state index contributed by atoms with van der Waals surface area (Å²) in [5, 5.41) is 3.87. The molecule has 0 saturated carbocycles. The quantitative estimate of drug-likeness (QED) is 0.861. The predicted molar refractivity (Wildman–Crippen MR) is 85.3 cm³/mol. The van der Waals surface area contributed by atoms with E-state index in [1.165, 1.54) is 12.1 Å². The van der Waals surface area contributed by atoms with Gasteiger partial charge in [0.1, 0.15) is 5.82 Å². The largest absolute Gasteiger partial charge is 0.348 e. The lowest BCUT2D eigenvalue weighted by atomic mass is 10.2. The Kier molecular flexibility index (Phi) is 4.69. The lowest BCUT2D eigenvalue weighted by Gasteiger charge is -2.22. The summed E-state index contributed by atoms with van der Waals surface area (Å²) in [5.41, 5.74) is 3.16. The summed E-state index contributed by atoms with van der Waals surface area (Å²) >= 11 is 5.38. The number of anilines is 1. The van der Waals surface area contributed by atoms with Gasteiger partial charge in [-0.2, -0.15) is 0 Å². The Hall–Kier alpha value is -1.94. The van der Waals surface area contributed by atoms with Gasteiger partial charge in [0.25, 0.3) is 0 Å². The Morgan fingerprint density at radius 3 is 2.45 bits per heavy atom. The molecule has 4 heteroatoms. The SMILES string of the molecule is Cc1ccccc1NC(=S)N(C)Cc1ccc(F)cc1. The molecule has 0 aliphatic heterocycles. The maximum atomic E-state index is 12.9. The van der Waals surface area contributed by atoms with Gasteiger partial charge in [0.05, 0.1) is 0 Å². The topological polar surface area (TPSA) is 15.3 Å². The highest BCUT2D eigenvalue weighted by molar-refractivity contribution is 7.80. The fourth-order valence-corrected chi connectivity index (χ4v) is 2.03. The lowest BCUT2D eigenvalue weighted by Crippen LogP contribution is -2.30. The summed E-state index contributed by atoms with van der Waals surface area (Å²) in [6, 6.07) is 14.4. The van der Waals surface area contributed by atoms with Crippen molar-refractivity contribution in [2.45, 2.75) is 13.5 Å². The Labute approximate surface area is 124 Å². The predicted octanol–water partition coefficient (Wildman–Crippen LogP) is 3.96. The van der Waals surface area contributed by atoms with Crippen molar-refractivity contribution in [2.24, 2.45) is 0 Å². The molecule has 0 aliphatic carbocycles. The van der Waals surface area contributed by atoms with Crippen LogP contribution >= 0.6 is 12.2 Å². The van der Waals surface area contributed by atoms with Crippen molar-refractivity contribution in [3.8, 4) is 0 Å². The summed E-state index contributed by atoms with van der Waals surface area (Å²) in [7, 11) is 1.91. The molecule has 0 aromatic heterocycles. The van der Waals surface area contributed by atoms with Gasteiger partial charge >= 0.3 is 0 Å². The minimum absolute atomic E-state index is 0.225. The molecular formula is C16H17FN2S. The molecule has 0 spiro atoms. The molecule has 0 saturated heterocycles. The number of nitrogens with zero attached hydrogens (tertiary/aromatic N) is 1. The summed E-state index contributed by atoms with van der Waals surface area (Å²) in [6.45, 7) is 2.67. The molecule has 2 nitrogen and oxygen atoms in total. The third-order valence-electron chi connectivity index (χ3n) is 3.07. The van der Waals surface area contributed by atoms with E-state index >= 15 is 0 Å². The second kappa shape index (κ2) is 6.48. The number of para-hydroxylation sites is 1. The second-order valence-electron chi connectivity index (χ2n) is 4.73. The van der Waals surface area contributed by atoms with Crippen molar-refractivity contribution in [3.63, 3.8) is 0 Å². The molecule has 104 valence electrons. The fourth-order valence-electron chi connectivity index (χ4n) is 1.86. The number of hydrogen-bond donors (Lipinski definition) is 1. The van der Waals surface area contributed by atoms with Gasteiger partial charge in [0.15, 0.2) is 5.11 Å². The Bertz CT molecular complexity index is 596. The van der Waals surface area contributed by atoms with Crippen molar-refractivity contribution in [2.75, 3.05) is 12.4 Å². The summed E-state index contributed by atoms with van der Waals surface area (Å²) < 4.78 is 12.9. The maximum Gasteiger partial charge on any atom is 0.173 e. The zero-order chi connectivity index (χ0) is 14.5. The average Bonchev–Trinajstić information content (AvgIpc) is 2.44. The molecule has 0 bridgehead atoms. The minimum Gasteiger partial charge on any atom is -0.348 e. The van der Waals surface area contributed by atoms with Crippen LogP contribution < -0.4 is 5.32 Å². The number of benzene rings is 2. The van der Waals surface area contributed by atoms with E-state index in [0.717, 1.165) is 16.8 Å². The van der Waals surface area contributed by atoms with E-state index in [2.05, 4.69) is 5.32 Å². The first-order valence-corrected chi connectivity index (χ1v) is 6.79. The van der Waals surface area contributed by atoms with E-state index in [4.69, 9.17) is 12.2 Å². The summed E-state index contributed by atoms with van der Waals surface area (Å²) in [6.07, 6.45) is 0. The van der Waals surface area contributed by atoms with Gasteiger partial charge in [0.2, 0.25) is 0 Å². The highest BCUT2D eigenvalue weighted by Crippen LogP contribution is 2.14. The molecule has 0 amide bonds. The molecular weight excluding hydrogens is 271 g/mol. The van der Waals surface area contributed by atoms with Crippen LogP contribution in [0.1, 0.15) is 11.1 Å². The molecule has 0 heterocycles. The fraction of sp³-hybridized carbons (Fsp3) is 0.188. The molecule has 2 aromatic rings. The van der Waals surface area contributed by atoms with Gasteiger partial charge < -0.3 is 10.2 Å². The van der Waals surface area contributed by atoms with E-state index in [1.807, 2.05) is 43.1 Å². The van der Waals surface area contributed by atoms with E-state index in [0.29, 0.717) is 11.7 Å². The molecule has 20 heavy (non-hydrogen) atoms. The van der Waals surface area contributed by atoms with Crippen LogP contribution in [-0.4, -0.2) is 17.1 Å². The first kappa shape index (κ1) is 14.5. The van der Waals surface area contributed by atoms with Crippen molar-refractivity contribution in [1.29, 1.82) is 0 Å². The van der Waals surface area contributed by atoms with E-state index in [1.54, 1.807) is 12.1 Å². The molecule has 1 N–H and O–H groups in total. The first-order chi connectivity index (χ1) is 9.56. The van der Waals surface area contributed by atoms with Crippen molar-refractivity contribution in [3.05, 3.63) is 65.5 Å². The standard InChI is InChI=1S/C16H17FN2S/c1-12-5-3-4-6-15(12)18-16(20)19(2)11-13-7-9-14(17)10-8-13/h3-10H,11H2,1-2H3,(H,18,20). The van der Waals surface area contributed by atoms with Gasteiger partial charge in [-0.1, -0.05) is 30.3 Å². The molecule has 0 fully saturated rings. The third-order valence-corrected chi connectivity index (χ3v) is 3.48. The van der Waals surface area contributed by atoms with E-state index < -0.39 is 0 Å². The zero-order valence-corrected chi connectivity index (χ0v) is 12.4. The van der Waals surface area contributed by atoms with Crippen LogP contribution in [0.15, 0.2) is 48.5 Å². The monoisotopic (exact) mass is 288 g/mol. The Morgan fingerprint density at radius 1 is 1.15 bits per heavy atom. The van der Waals surface area contributed by atoms with Gasteiger partial charge in [-0.05, 0) is 48.5 Å². The van der Waals surface area contributed by atoms with Gasteiger partial charge in [-0.15, -0.1) is 0 Å². The maximum absolute atomic E-state index is 12.9. The van der Waals surface area contributed by atoms with Crippen LogP contribution in [0.25, 0.3) is 0 Å². The summed E-state index contributed by atoms with van der Waals surface area (Å²) in [4.78, 5) is 1.93. The van der Waals surface area contributed by atoms with E-state index in [-0.39, 0.29) is 5.82 Å². The molecule has 0 atom stereocenters. The van der Waals surface area contributed by atoms with Crippen molar-refractivity contribution in [1.82, 2.24) is 4.90 Å². The van der Waals surface area contributed by atoms with Crippen LogP contribution in [0.3, 0.4) is 0 Å².